The summed E-state index contributed by atoms with van der Waals surface area (Å²) >= 11 is 5.66. The van der Waals surface area contributed by atoms with Crippen LogP contribution in [0.3, 0.4) is 0 Å². The summed E-state index contributed by atoms with van der Waals surface area (Å²) in [4.78, 5) is 0. The molecule has 1 saturated carbocycles. The molecule has 2 atom stereocenters. The molecule has 0 aromatic carbocycles. The molecule has 1 fully saturated rings. The lowest BCUT2D eigenvalue weighted by Gasteiger charge is -2.06. The lowest BCUT2D eigenvalue weighted by Crippen LogP contribution is -2.07. The fourth-order valence-electron chi connectivity index (χ4n) is 1.25. The summed E-state index contributed by atoms with van der Waals surface area (Å²) < 4.78 is 5.04. The topological polar surface area (TPSA) is 9.23 Å². The second-order valence-corrected chi connectivity index (χ2v) is 3.45. The van der Waals surface area contributed by atoms with Crippen LogP contribution in [0, 0.1) is 11.3 Å². The van der Waals surface area contributed by atoms with Gasteiger partial charge in [-0.05, 0) is 17.8 Å². The largest absolute Gasteiger partial charge is 0.384 e. The molecule has 1 nitrogen and oxygen atoms in total. The maximum Gasteiger partial charge on any atom is 0.0519 e. The predicted molar refractivity (Wildman–Crippen MR) is 38.8 cm³/mol. The van der Waals surface area contributed by atoms with Gasteiger partial charge in [-0.1, -0.05) is 6.92 Å². The van der Waals surface area contributed by atoms with Gasteiger partial charge in [-0.25, -0.2) is 0 Å². The van der Waals surface area contributed by atoms with Crippen LogP contribution in [0.2, 0.25) is 0 Å². The molecule has 2 unspecified atom stereocenters. The van der Waals surface area contributed by atoms with E-state index in [1.54, 1.807) is 7.11 Å². The van der Waals surface area contributed by atoms with Crippen LogP contribution >= 0.6 is 11.6 Å². The van der Waals surface area contributed by atoms with Crippen LogP contribution in [0.4, 0.5) is 0 Å². The van der Waals surface area contributed by atoms with Crippen LogP contribution in [0.1, 0.15) is 13.3 Å². The molecule has 0 saturated heterocycles. The fourth-order valence-corrected chi connectivity index (χ4v) is 1.73. The van der Waals surface area contributed by atoms with Crippen LogP contribution in [-0.4, -0.2) is 19.6 Å². The lowest BCUT2D eigenvalue weighted by molar-refractivity contribution is 0.143. The number of halogens is 1. The van der Waals surface area contributed by atoms with E-state index in [-0.39, 0.29) is 0 Å². The standard InChI is InChI=1S/C7H13ClO/c1-7(5-9-2)3-6(7)4-8/h6H,3-5H2,1-2H3. The van der Waals surface area contributed by atoms with E-state index in [2.05, 4.69) is 6.92 Å². The third-order valence-corrected chi connectivity index (χ3v) is 2.57. The van der Waals surface area contributed by atoms with E-state index >= 15 is 0 Å². The predicted octanol–water partition coefficient (Wildman–Crippen LogP) is 1.90. The molecular formula is C7H13ClO. The molecule has 1 aliphatic rings. The Balaban J connectivity index is 2.25. The van der Waals surface area contributed by atoms with Gasteiger partial charge in [-0.3, -0.25) is 0 Å². The second kappa shape index (κ2) is 2.47. The Kier molecular flexibility index (Phi) is 2.02. The minimum absolute atomic E-state index is 0.413. The molecule has 1 aliphatic carbocycles. The minimum Gasteiger partial charge on any atom is -0.384 e. The van der Waals surface area contributed by atoms with Gasteiger partial charge in [-0.15, -0.1) is 11.6 Å². The third kappa shape index (κ3) is 1.39. The Hall–Kier alpha value is 0.250. The summed E-state index contributed by atoms with van der Waals surface area (Å²) in [5.41, 5.74) is 0.413. The van der Waals surface area contributed by atoms with Crippen molar-refractivity contribution in [2.24, 2.45) is 11.3 Å². The molecule has 9 heavy (non-hydrogen) atoms. The molecule has 0 bridgehead atoms. The van der Waals surface area contributed by atoms with Gasteiger partial charge in [0.2, 0.25) is 0 Å². The van der Waals surface area contributed by atoms with E-state index < -0.39 is 0 Å². The van der Waals surface area contributed by atoms with E-state index in [9.17, 15) is 0 Å². The van der Waals surface area contributed by atoms with Crippen molar-refractivity contribution in [3.05, 3.63) is 0 Å². The first kappa shape index (κ1) is 7.36. The van der Waals surface area contributed by atoms with Gasteiger partial charge in [-0.2, -0.15) is 0 Å². The highest BCUT2D eigenvalue weighted by molar-refractivity contribution is 6.18. The molecule has 0 radical (unpaired) electrons. The Bertz CT molecular complexity index is 105. The van der Waals surface area contributed by atoms with E-state index in [1.165, 1.54) is 6.42 Å². The molecule has 1 rings (SSSR count). The highest BCUT2D eigenvalue weighted by atomic mass is 35.5. The van der Waals surface area contributed by atoms with E-state index in [1.807, 2.05) is 0 Å². The molecule has 2 heteroatoms. The average Bonchev–Trinajstić information content (AvgIpc) is 2.43. The van der Waals surface area contributed by atoms with E-state index in [0.29, 0.717) is 11.3 Å². The van der Waals surface area contributed by atoms with Crippen LogP contribution in [0.25, 0.3) is 0 Å². The van der Waals surface area contributed by atoms with E-state index in [0.717, 1.165) is 12.5 Å². The van der Waals surface area contributed by atoms with Gasteiger partial charge >= 0.3 is 0 Å². The quantitative estimate of drug-likeness (QED) is 0.556. The summed E-state index contributed by atoms with van der Waals surface area (Å²) in [6.07, 6.45) is 1.24. The molecular weight excluding hydrogens is 136 g/mol. The first-order valence-corrected chi connectivity index (χ1v) is 3.81. The molecule has 54 valence electrons. The minimum atomic E-state index is 0.413. The SMILES string of the molecule is COCC1(C)CC1CCl. The fraction of sp³-hybridized carbons (Fsp3) is 1.00. The first-order chi connectivity index (χ1) is 4.23. The molecule has 0 aliphatic heterocycles. The molecule has 0 aromatic heterocycles. The maximum atomic E-state index is 5.66. The molecule has 0 N–H and O–H groups in total. The normalized spacial score (nSPS) is 41.0. The Morgan fingerprint density at radius 3 is 2.78 bits per heavy atom. The van der Waals surface area contributed by atoms with Crippen molar-refractivity contribution in [2.45, 2.75) is 13.3 Å². The van der Waals surface area contributed by atoms with Crippen molar-refractivity contribution >= 4 is 11.6 Å². The highest BCUT2D eigenvalue weighted by Gasteiger charge is 2.48. The van der Waals surface area contributed by atoms with E-state index in [4.69, 9.17) is 16.3 Å². The average molecular weight is 149 g/mol. The van der Waals surface area contributed by atoms with Gasteiger partial charge < -0.3 is 4.74 Å². The number of hydrogen-bond acceptors (Lipinski definition) is 1. The molecule has 0 aromatic rings. The zero-order chi connectivity index (χ0) is 6.91. The van der Waals surface area contributed by atoms with Crippen molar-refractivity contribution in [2.75, 3.05) is 19.6 Å². The Morgan fingerprint density at radius 2 is 2.44 bits per heavy atom. The van der Waals surface area contributed by atoms with Gasteiger partial charge in [0.1, 0.15) is 0 Å². The highest BCUT2D eigenvalue weighted by Crippen LogP contribution is 2.52. The van der Waals surface area contributed by atoms with Gasteiger partial charge in [0.15, 0.2) is 0 Å². The molecule has 0 spiro atoms. The van der Waals surface area contributed by atoms with Crippen molar-refractivity contribution in [1.82, 2.24) is 0 Å². The Morgan fingerprint density at radius 1 is 1.78 bits per heavy atom. The number of hydrogen-bond donors (Lipinski definition) is 0. The number of alkyl halides is 1. The molecule has 0 heterocycles. The zero-order valence-electron chi connectivity index (χ0n) is 5.98. The van der Waals surface area contributed by atoms with Crippen molar-refractivity contribution in [1.29, 1.82) is 0 Å². The van der Waals surface area contributed by atoms with Crippen molar-refractivity contribution in [3.63, 3.8) is 0 Å². The van der Waals surface area contributed by atoms with Crippen LogP contribution in [-0.2, 0) is 4.74 Å². The smallest absolute Gasteiger partial charge is 0.0519 e. The maximum absolute atomic E-state index is 5.66. The monoisotopic (exact) mass is 148 g/mol. The summed E-state index contributed by atoms with van der Waals surface area (Å²) in [7, 11) is 1.74. The third-order valence-electron chi connectivity index (χ3n) is 2.20. The summed E-state index contributed by atoms with van der Waals surface area (Å²) in [6.45, 7) is 3.09. The van der Waals surface area contributed by atoms with Gasteiger partial charge in [0.05, 0.1) is 6.61 Å². The zero-order valence-corrected chi connectivity index (χ0v) is 6.74. The lowest BCUT2D eigenvalue weighted by atomic mass is 10.1. The summed E-state index contributed by atoms with van der Waals surface area (Å²) in [5, 5.41) is 0. The van der Waals surface area contributed by atoms with Gasteiger partial charge in [0, 0.05) is 13.0 Å². The number of methoxy groups -OCH3 is 1. The number of rotatable bonds is 3. The molecule has 0 amide bonds. The summed E-state index contributed by atoms with van der Waals surface area (Å²) in [6, 6.07) is 0. The van der Waals surface area contributed by atoms with Crippen molar-refractivity contribution in [3.8, 4) is 0 Å². The number of ether oxygens (including phenoxy) is 1. The first-order valence-electron chi connectivity index (χ1n) is 3.28. The van der Waals surface area contributed by atoms with Gasteiger partial charge in [0.25, 0.3) is 0 Å². The van der Waals surface area contributed by atoms with Crippen LogP contribution in [0.15, 0.2) is 0 Å². The summed E-state index contributed by atoms with van der Waals surface area (Å²) in [5.74, 6) is 1.50. The van der Waals surface area contributed by atoms with Crippen molar-refractivity contribution < 1.29 is 4.74 Å². The second-order valence-electron chi connectivity index (χ2n) is 3.14. The Labute approximate surface area is 61.3 Å². The van der Waals surface area contributed by atoms with Crippen LogP contribution < -0.4 is 0 Å². The van der Waals surface area contributed by atoms with Crippen LogP contribution in [0.5, 0.6) is 0 Å².